The second kappa shape index (κ2) is 4.82. The molecule has 2 nitrogen and oxygen atoms in total. The first-order valence-corrected chi connectivity index (χ1v) is 7.44. The highest BCUT2D eigenvalue weighted by molar-refractivity contribution is 7.19. The first-order valence-electron chi connectivity index (χ1n) is 6.25. The molecule has 1 fully saturated rings. The Labute approximate surface area is 116 Å². The van der Waals surface area contributed by atoms with Gasteiger partial charge in [0, 0.05) is 20.0 Å². The zero-order chi connectivity index (χ0) is 12.6. The van der Waals surface area contributed by atoms with Crippen LogP contribution >= 0.6 is 22.9 Å². The van der Waals surface area contributed by atoms with Gasteiger partial charge in [0.05, 0.1) is 6.61 Å². The zero-order valence-electron chi connectivity index (χ0n) is 10.1. The van der Waals surface area contributed by atoms with E-state index in [-0.39, 0.29) is 12.0 Å². The molecule has 0 aliphatic carbocycles. The average molecular weight is 282 g/mol. The largest absolute Gasteiger partial charge is 0.395 e. The summed E-state index contributed by atoms with van der Waals surface area (Å²) in [5, 5.41) is 15.2. The van der Waals surface area contributed by atoms with Crippen molar-refractivity contribution in [2.75, 3.05) is 19.7 Å². The van der Waals surface area contributed by atoms with Crippen LogP contribution in [0.2, 0.25) is 5.02 Å². The maximum absolute atomic E-state index is 9.83. The molecule has 0 bridgehead atoms. The number of nitrogens with one attached hydrogen (secondary N) is 1. The maximum Gasteiger partial charge on any atom is 0.0536 e. The second-order valence-electron chi connectivity index (χ2n) is 4.98. The van der Waals surface area contributed by atoms with Crippen LogP contribution in [0.25, 0.3) is 10.1 Å². The van der Waals surface area contributed by atoms with Gasteiger partial charge in [-0.15, -0.1) is 11.3 Å². The average Bonchev–Trinajstić information content (AvgIpc) is 2.83. The molecule has 1 aliphatic heterocycles. The predicted molar refractivity (Wildman–Crippen MR) is 77.7 cm³/mol. The van der Waals surface area contributed by atoms with Gasteiger partial charge >= 0.3 is 0 Å². The molecule has 0 amide bonds. The zero-order valence-corrected chi connectivity index (χ0v) is 11.7. The van der Waals surface area contributed by atoms with Crippen molar-refractivity contribution in [1.29, 1.82) is 0 Å². The minimum atomic E-state index is -0.0542. The summed E-state index contributed by atoms with van der Waals surface area (Å²) in [5.41, 5.74) is -0.0542. The monoisotopic (exact) mass is 281 g/mol. The van der Waals surface area contributed by atoms with E-state index < -0.39 is 0 Å². The fourth-order valence-corrected chi connectivity index (χ4v) is 4.23. The van der Waals surface area contributed by atoms with E-state index in [9.17, 15) is 5.11 Å². The first-order chi connectivity index (χ1) is 8.73. The first kappa shape index (κ1) is 12.4. The minimum Gasteiger partial charge on any atom is -0.395 e. The Balaban J connectivity index is 2.06. The van der Waals surface area contributed by atoms with E-state index in [1.54, 1.807) is 11.3 Å². The van der Waals surface area contributed by atoms with Gasteiger partial charge in [-0.2, -0.15) is 0 Å². The van der Waals surface area contributed by atoms with Crippen LogP contribution in [0.15, 0.2) is 24.3 Å². The Morgan fingerprint density at radius 1 is 1.28 bits per heavy atom. The summed E-state index contributed by atoms with van der Waals surface area (Å²) in [4.78, 5) is 1.30. The number of aliphatic hydroxyl groups is 1. The van der Waals surface area contributed by atoms with Crippen molar-refractivity contribution in [2.45, 2.75) is 18.3 Å². The maximum atomic E-state index is 9.83. The Morgan fingerprint density at radius 3 is 2.78 bits per heavy atom. The van der Waals surface area contributed by atoms with Crippen LogP contribution in [0.1, 0.15) is 17.7 Å². The SMILES string of the molecule is OCC1(c2cc3ccc(Cl)cc3s2)CCNCC1. The van der Waals surface area contributed by atoms with E-state index in [4.69, 9.17) is 11.6 Å². The molecule has 4 heteroatoms. The molecule has 0 atom stereocenters. The minimum absolute atomic E-state index is 0.0542. The summed E-state index contributed by atoms with van der Waals surface area (Å²) in [5.74, 6) is 0. The summed E-state index contributed by atoms with van der Waals surface area (Å²) < 4.78 is 1.21. The van der Waals surface area contributed by atoms with Crippen molar-refractivity contribution in [3.8, 4) is 0 Å². The lowest BCUT2D eigenvalue weighted by Gasteiger charge is -2.35. The van der Waals surface area contributed by atoms with E-state index in [0.29, 0.717) is 0 Å². The number of piperidine rings is 1. The Bertz CT molecular complexity index is 560. The van der Waals surface area contributed by atoms with E-state index in [2.05, 4.69) is 17.4 Å². The Morgan fingerprint density at radius 2 is 2.06 bits per heavy atom. The molecule has 1 aromatic carbocycles. The molecule has 0 radical (unpaired) electrons. The number of hydrogen-bond donors (Lipinski definition) is 2. The number of benzene rings is 1. The molecule has 1 aliphatic rings. The molecule has 96 valence electrons. The van der Waals surface area contributed by atoms with Crippen LogP contribution < -0.4 is 5.32 Å². The van der Waals surface area contributed by atoms with Crippen molar-refractivity contribution in [3.05, 3.63) is 34.2 Å². The Kier molecular flexibility index (Phi) is 3.32. The van der Waals surface area contributed by atoms with Crippen LogP contribution in [-0.4, -0.2) is 24.8 Å². The lowest BCUT2D eigenvalue weighted by atomic mass is 9.78. The fraction of sp³-hybridized carbons (Fsp3) is 0.429. The highest BCUT2D eigenvalue weighted by atomic mass is 35.5. The number of halogens is 1. The standard InChI is InChI=1S/C14H16ClNOS/c15-11-2-1-10-7-13(18-12(10)8-11)14(9-17)3-5-16-6-4-14/h1-2,7-8,16-17H,3-6,9H2. The molecule has 2 N–H and O–H groups in total. The fourth-order valence-electron chi connectivity index (χ4n) is 2.65. The van der Waals surface area contributed by atoms with E-state index in [0.717, 1.165) is 31.0 Å². The van der Waals surface area contributed by atoms with Gasteiger partial charge in [-0.1, -0.05) is 17.7 Å². The highest BCUT2D eigenvalue weighted by Crippen LogP contribution is 2.40. The van der Waals surface area contributed by atoms with E-state index in [1.165, 1.54) is 15.0 Å². The third-order valence-corrected chi connectivity index (χ3v) is 5.45. The second-order valence-corrected chi connectivity index (χ2v) is 6.50. The number of thiophene rings is 1. The van der Waals surface area contributed by atoms with Crippen molar-refractivity contribution >= 4 is 33.0 Å². The molecule has 2 heterocycles. The molecule has 1 aromatic heterocycles. The number of rotatable bonds is 2. The van der Waals surface area contributed by atoms with Crippen LogP contribution in [0.5, 0.6) is 0 Å². The highest BCUT2D eigenvalue weighted by Gasteiger charge is 2.34. The van der Waals surface area contributed by atoms with Gasteiger partial charge in [0.1, 0.15) is 0 Å². The van der Waals surface area contributed by atoms with E-state index >= 15 is 0 Å². The summed E-state index contributed by atoms with van der Waals surface area (Å²) >= 11 is 7.80. The predicted octanol–water partition coefficient (Wildman–Crippen LogP) is 3.17. The van der Waals surface area contributed by atoms with Gasteiger partial charge < -0.3 is 10.4 Å². The van der Waals surface area contributed by atoms with Gasteiger partial charge in [0.2, 0.25) is 0 Å². The van der Waals surface area contributed by atoms with Crippen molar-refractivity contribution in [3.63, 3.8) is 0 Å². The molecule has 3 rings (SSSR count). The summed E-state index contributed by atoms with van der Waals surface area (Å²) in [6.07, 6.45) is 2.01. The van der Waals surface area contributed by atoms with Crippen LogP contribution in [0.3, 0.4) is 0 Å². The van der Waals surface area contributed by atoms with Gasteiger partial charge in [-0.3, -0.25) is 0 Å². The van der Waals surface area contributed by atoms with Gasteiger partial charge in [0.15, 0.2) is 0 Å². The summed E-state index contributed by atoms with van der Waals surface area (Å²) in [6.45, 7) is 2.19. The number of hydrogen-bond acceptors (Lipinski definition) is 3. The van der Waals surface area contributed by atoms with E-state index in [1.807, 2.05) is 12.1 Å². The number of aliphatic hydroxyl groups excluding tert-OH is 1. The molecule has 1 saturated heterocycles. The smallest absolute Gasteiger partial charge is 0.0536 e. The van der Waals surface area contributed by atoms with Gasteiger partial charge in [-0.25, -0.2) is 0 Å². The third-order valence-electron chi connectivity index (χ3n) is 3.87. The lowest BCUT2D eigenvalue weighted by molar-refractivity contribution is 0.161. The quantitative estimate of drug-likeness (QED) is 0.886. The van der Waals surface area contributed by atoms with Crippen LogP contribution in [-0.2, 0) is 5.41 Å². The van der Waals surface area contributed by atoms with Crippen molar-refractivity contribution in [2.24, 2.45) is 0 Å². The van der Waals surface area contributed by atoms with Crippen LogP contribution in [0.4, 0.5) is 0 Å². The van der Waals surface area contributed by atoms with Crippen molar-refractivity contribution in [1.82, 2.24) is 5.32 Å². The van der Waals surface area contributed by atoms with Gasteiger partial charge in [-0.05, 0) is 49.5 Å². The topological polar surface area (TPSA) is 32.3 Å². The number of fused-ring (bicyclic) bond motifs is 1. The van der Waals surface area contributed by atoms with Crippen molar-refractivity contribution < 1.29 is 5.11 Å². The molecular weight excluding hydrogens is 266 g/mol. The summed E-state index contributed by atoms with van der Waals surface area (Å²) in [7, 11) is 0. The van der Waals surface area contributed by atoms with Crippen LogP contribution in [0, 0.1) is 0 Å². The Hall–Kier alpha value is -0.610. The molecular formula is C14H16ClNOS. The van der Waals surface area contributed by atoms with Gasteiger partial charge in [0.25, 0.3) is 0 Å². The normalized spacial score (nSPS) is 19.2. The molecule has 18 heavy (non-hydrogen) atoms. The third kappa shape index (κ3) is 2.05. The summed E-state index contributed by atoms with van der Waals surface area (Å²) in [6, 6.07) is 8.22. The molecule has 0 unspecified atom stereocenters. The molecule has 2 aromatic rings. The lowest BCUT2D eigenvalue weighted by Crippen LogP contribution is -2.41. The molecule has 0 spiro atoms. The molecule has 0 saturated carbocycles.